The highest BCUT2D eigenvalue weighted by Crippen LogP contribution is 2.34. The summed E-state index contributed by atoms with van der Waals surface area (Å²) in [5.74, 6) is 2.38. The standard InChI is InChI=1S/C17H24O.C15H18N2O2S.5CH4/c1-13(2)15-8-10-16(11-9-15)17(18)12-14-6-4-3-5-7-14;18-20(19,17-11-4-9-16-10-12-17)15-8-3-6-13-5-1-2-7-14(13)15;;;;;/h3-7,13,15-16H,8-12H2,1-2H3;1-3,5-8,16H,4,9-12H2;5*1H4. The summed E-state index contributed by atoms with van der Waals surface area (Å²) in [7, 11) is -3.42. The number of fused-ring (bicyclic) bond motifs is 1. The molecule has 43 heavy (non-hydrogen) atoms. The molecule has 0 atom stereocenters. The van der Waals surface area contributed by atoms with E-state index in [1.54, 1.807) is 10.4 Å². The van der Waals surface area contributed by atoms with Crippen LogP contribution in [0.3, 0.4) is 0 Å². The first-order chi connectivity index (χ1) is 18.4. The topological polar surface area (TPSA) is 66.5 Å². The van der Waals surface area contributed by atoms with Crippen LogP contribution in [0, 0.1) is 17.8 Å². The summed E-state index contributed by atoms with van der Waals surface area (Å²) < 4.78 is 27.3. The number of carbonyl (C=O) groups excluding carboxylic acids is 1. The highest BCUT2D eigenvalue weighted by Gasteiger charge is 2.28. The van der Waals surface area contributed by atoms with Gasteiger partial charge in [0.05, 0.1) is 4.90 Å². The molecule has 1 aliphatic carbocycles. The van der Waals surface area contributed by atoms with Crippen LogP contribution in [-0.2, 0) is 21.2 Å². The summed E-state index contributed by atoms with van der Waals surface area (Å²) in [5.41, 5.74) is 1.16. The number of hydrogen-bond donors (Lipinski definition) is 1. The van der Waals surface area contributed by atoms with Crippen molar-refractivity contribution in [3.63, 3.8) is 0 Å². The van der Waals surface area contributed by atoms with Gasteiger partial charge in [0.15, 0.2) is 0 Å². The van der Waals surface area contributed by atoms with Crippen LogP contribution in [0.15, 0.2) is 77.7 Å². The molecule has 1 heterocycles. The zero-order chi connectivity index (χ0) is 27.0. The first kappa shape index (κ1) is 42.6. The first-order valence-electron chi connectivity index (χ1n) is 14.1. The van der Waals surface area contributed by atoms with E-state index in [0.29, 0.717) is 42.7 Å². The number of hydrogen-bond acceptors (Lipinski definition) is 4. The fraction of sp³-hybridized carbons (Fsp3) is 0.541. The summed E-state index contributed by atoms with van der Waals surface area (Å²) in [5, 5.41) is 4.99. The highest BCUT2D eigenvalue weighted by atomic mass is 32.2. The van der Waals surface area contributed by atoms with Crippen molar-refractivity contribution in [3.05, 3.63) is 78.4 Å². The lowest BCUT2D eigenvalue weighted by Gasteiger charge is -2.30. The van der Waals surface area contributed by atoms with E-state index in [9.17, 15) is 13.2 Å². The molecule has 0 radical (unpaired) electrons. The van der Waals surface area contributed by atoms with Crippen molar-refractivity contribution in [1.29, 1.82) is 0 Å². The van der Waals surface area contributed by atoms with Gasteiger partial charge in [-0.25, -0.2) is 8.42 Å². The molecule has 0 bridgehead atoms. The van der Waals surface area contributed by atoms with Gasteiger partial charge in [0.1, 0.15) is 5.78 Å². The molecule has 244 valence electrons. The van der Waals surface area contributed by atoms with Crippen LogP contribution in [0.2, 0.25) is 0 Å². The molecular formula is C37H62N2O3S. The lowest BCUT2D eigenvalue weighted by Crippen LogP contribution is -2.34. The van der Waals surface area contributed by atoms with Crippen molar-refractivity contribution in [2.45, 2.75) is 94.4 Å². The van der Waals surface area contributed by atoms with Gasteiger partial charge in [-0.05, 0) is 67.5 Å². The van der Waals surface area contributed by atoms with Crippen LogP contribution in [0.25, 0.3) is 10.8 Å². The van der Waals surface area contributed by atoms with Crippen LogP contribution in [0.1, 0.15) is 88.6 Å². The third-order valence-electron chi connectivity index (χ3n) is 8.06. The Morgan fingerprint density at radius 2 is 1.40 bits per heavy atom. The molecule has 3 aromatic rings. The van der Waals surface area contributed by atoms with E-state index >= 15 is 0 Å². The zero-order valence-electron chi connectivity index (χ0n) is 22.8. The van der Waals surface area contributed by atoms with E-state index in [-0.39, 0.29) is 37.1 Å². The van der Waals surface area contributed by atoms with E-state index in [0.717, 1.165) is 54.0 Å². The number of carbonyl (C=O) groups is 1. The molecule has 0 amide bonds. The number of benzene rings is 3. The van der Waals surface area contributed by atoms with Gasteiger partial charge in [-0.3, -0.25) is 4.79 Å². The van der Waals surface area contributed by atoms with Crippen molar-refractivity contribution in [1.82, 2.24) is 9.62 Å². The summed E-state index contributed by atoms with van der Waals surface area (Å²) in [6.45, 7) is 7.31. The quantitative estimate of drug-likeness (QED) is 0.301. The van der Waals surface area contributed by atoms with Crippen molar-refractivity contribution >= 4 is 26.6 Å². The van der Waals surface area contributed by atoms with Crippen molar-refractivity contribution in [2.75, 3.05) is 26.2 Å². The lowest BCUT2D eigenvalue weighted by atomic mass is 9.75. The average molecular weight is 615 g/mol. The van der Waals surface area contributed by atoms with E-state index in [1.165, 1.54) is 12.8 Å². The number of ketones is 1. The molecule has 3 aromatic carbocycles. The molecule has 5 rings (SSSR count). The van der Waals surface area contributed by atoms with Gasteiger partial charge >= 0.3 is 0 Å². The van der Waals surface area contributed by atoms with E-state index in [1.807, 2.05) is 54.6 Å². The Hall–Kier alpha value is -2.54. The van der Waals surface area contributed by atoms with Gasteiger partial charge in [0.2, 0.25) is 10.0 Å². The Labute approximate surface area is 265 Å². The number of Topliss-reactive ketones (excluding diaryl/α,β-unsaturated/α-hetero) is 1. The van der Waals surface area contributed by atoms with Crippen LogP contribution in [-0.4, -0.2) is 44.7 Å². The van der Waals surface area contributed by atoms with E-state index in [4.69, 9.17) is 0 Å². The van der Waals surface area contributed by atoms with E-state index < -0.39 is 10.0 Å². The molecule has 0 unspecified atom stereocenters. The van der Waals surface area contributed by atoms with E-state index in [2.05, 4.69) is 31.3 Å². The maximum absolute atomic E-state index is 12.9. The van der Waals surface area contributed by atoms with Crippen LogP contribution >= 0.6 is 0 Å². The molecule has 1 N–H and O–H groups in total. The highest BCUT2D eigenvalue weighted by molar-refractivity contribution is 7.89. The Kier molecular flexibility index (Phi) is 20.2. The van der Waals surface area contributed by atoms with Gasteiger partial charge in [0, 0.05) is 37.4 Å². The molecule has 5 nitrogen and oxygen atoms in total. The molecule has 1 saturated carbocycles. The summed E-state index contributed by atoms with van der Waals surface area (Å²) in [6, 6.07) is 23.2. The molecule has 6 heteroatoms. The lowest BCUT2D eigenvalue weighted by molar-refractivity contribution is -0.123. The minimum atomic E-state index is -3.42. The maximum atomic E-state index is 12.9. The molecule has 1 saturated heterocycles. The predicted octanol–water partition coefficient (Wildman–Crippen LogP) is 9.26. The number of rotatable bonds is 6. The van der Waals surface area contributed by atoms with Gasteiger partial charge in [-0.1, -0.05) is 118 Å². The second-order valence-electron chi connectivity index (χ2n) is 11.0. The monoisotopic (exact) mass is 614 g/mol. The van der Waals surface area contributed by atoms with Gasteiger partial charge in [-0.2, -0.15) is 4.31 Å². The third kappa shape index (κ3) is 11.5. The minimum Gasteiger partial charge on any atom is -0.315 e. The van der Waals surface area contributed by atoms with Gasteiger partial charge in [-0.15, -0.1) is 0 Å². The molecular weight excluding hydrogens is 552 g/mol. The SMILES string of the molecule is C.C.C.C.C.CC(C)C1CCC(C(=O)Cc2ccccc2)CC1.O=S(=O)(c1cccc2ccccc12)N1CCCNCC1. The Bertz CT molecular complexity index is 1270. The average Bonchev–Trinajstić information content (AvgIpc) is 3.24. The van der Waals surface area contributed by atoms with Crippen molar-refractivity contribution in [3.8, 4) is 0 Å². The van der Waals surface area contributed by atoms with Crippen LogP contribution < -0.4 is 5.32 Å². The van der Waals surface area contributed by atoms with Crippen LogP contribution in [0.5, 0.6) is 0 Å². The molecule has 1 aliphatic heterocycles. The fourth-order valence-electron chi connectivity index (χ4n) is 5.67. The summed E-state index contributed by atoms with van der Waals surface area (Å²) >= 11 is 0. The predicted molar refractivity (Wildman–Crippen MR) is 189 cm³/mol. The van der Waals surface area contributed by atoms with Crippen molar-refractivity contribution < 1.29 is 13.2 Å². The van der Waals surface area contributed by atoms with Crippen molar-refractivity contribution in [2.24, 2.45) is 17.8 Å². The van der Waals surface area contributed by atoms with Gasteiger partial charge < -0.3 is 5.32 Å². The number of nitrogens with zero attached hydrogens (tertiary/aromatic N) is 1. The molecule has 0 spiro atoms. The molecule has 2 aliphatic rings. The zero-order valence-corrected chi connectivity index (χ0v) is 23.6. The second-order valence-corrected chi connectivity index (χ2v) is 12.9. The number of nitrogens with one attached hydrogen (secondary N) is 1. The van der Waals surface area contributed by atoms with Crippen LogP contribution in [0.4, 0.5) is 0 Å². The normalized spacial score (nSPS) is 18.5. The largest absolute Gasteiger partial charge is 0.315 e. The maximum Gasteiger partial charge on any atom is 0.243 e. The summed E-state index contributed by atoms with van der Waals surface area (Å²) in [6.07, 6.45) is 6.16. The Morgan fingerprint density at radius 3 is 2.05 bits per heavy atom. The third-order valence-corrected chi connectivity index (χ3v) is 10.0. The molecule has 2 fully saturated rings. The Morgan fingerprint density at radius 1 is 0.791 bits per heavy atom. The van der Waals surface area contributed by atoms with Gasteiger partial charge in [0.25, 0.3) is 0 Å². The number of sulfonamides is 1. The minimum absolute atomic E-state index is 0. The summed E-state index contributed by atoms with van der Waals surface area (Å²) in [4.78, 5) is 12.7. The molecule has 0 aromatic heterocycles. The second kappa shape index (κ2) is 20.4. The Balaban J connectivity index is 0. The first-order valence-corrected chi connectivity index (χ1v) is 15.6. The fourth-order valence-corrected chi connectivity index (χ4v) is 7.36. The smallest absolute Gasteiger partial charge is 0.243 e.